The topological polar surface area (TPSA) is 77.5 Å². The summed E-state index contributed by atoms with van der Waals surface area (Å²) in [5, 5.41) is 4.25. The number of aryl methyl sites for hydroxylation is 1. The molecule has 0 bridgehead atoms. The van der Waals surface area contributed by atoms with Gasteiger partial charge in [-0.05, 0) is 30.7 Å². The number of halogens is 4. The summed E-state index contributed by atoms with van der Waals surface area (Å²) >= 11 is 0. The van der Waals surface area contributed by atoms with Crippen LogP contribution in [0.2, 0.25) is 0 Å². The molecule has 0 spiro atoms. The fraction of sp³-hybridized carbons (Fsp3) is 0.304. The standard InChI is InChI=1S/C23H20F4N6O2/c1-14-12-32-21(30-33(22(32)34)8-9-35-19-5-3-2-4-17(19)24)29-20(14)31-7-6-18-15(13-31)10-16(11-28-18)23(25,26)27/h2-5,10-12H,6-9,13H2,1H3. The van der Waals surface area contributed by atoms with Crippen LogP contribution in [0.15, 0.2) is 47.5 Å². The maximum absolute atomic E-state index is 13.7. The van der Waals surface area contributed by atoms with E-state index in [4.69, 9.17) is 4.74 Å². The van der Waals surface area contributed by atoms with E-state index in [-0.39, 0.29) is 31.2 Å². The van der Waals surface area contributed by atoms with E-state index < -0.39 is 23.2 Å². The van der Waals surface area contributed by atoms with Crippen LogP contribution >= 0.6 is 0 Å². The minimum absolute atomic E-state index is 0.0218. The molecule has 0 radical (unpaired) electrons. The van der Waals surface area contributed by atoms with Crippen LogP contribution in [-0.4, -0.2) is 37.3 Å². The molecule has 5 rings (SSSR count). The van der Waals surface area contributed by atoms with Gasteiger partial charge in [0.25, 0.3) is 5.78 Å². The third kappa shape index (κ3) is 4.43. The molecule has 3 aromatic heterocycles. The number of benzene rings is 1. The number of ether oxygens (including phenoxy) is 1. The third-order valence-corrected chi connectivity index (χ3v) is 5.80. The number of para-hydroxylation sites is 1. The van der Waals surface area contributed by atoms with E-state index >= 15 is 0 Å². The number of nitrogens with zero attached hydrogens (tertiary/aromatic N) is 6. The Labute approximate surface area is 196 Å². The van der Waals surface area contributed by atoms with Crippen LogP contribution in [0.1, 0.15) is 22.4 Å². The maximum Gasteiger partial charge on any atom is 0.417 e. The summed E-state index contributed by atoms with van der Waals surface area (Å²) in [7, 11) is 0. The van der Waals surface area contributed by atoms with Crippen molar-refractivity contribution < 1.29 is 22.3 Å². The predicted octanol–water partition coefficient (Wildman–Crippen LogP) is 3.39. The molecule has 0 saturated heterocycles. The van der Waals surface area contributed by atoms with Gasteiger partial charge in [0.15, 0.2) is 11.6 Å². The van der Waals surface area contributed by atoms with Crippen LogP contribution in [0.5, 0.6) is 5.75 Å². The number of alkyl halides is 3. The molecule has 0 N–H and O–H groups in total. The van der Waals surface area contributed by atoms with Gasteiger partial charge in [-0.3, -0.25) is 4.98 Å². The normalized spacial score (nSPS) is 13.8. The Bertz CT molecular complexity index is 1460. The smallest absolute Gasteiger partial charge is 0.417 e. The molecule has 182 valence electrons. The zero-order chi connectivity index (χ0) is 24.7. The number of fused-ring (bicyclic) bond motifs is 2. The first-order valence-corrected chi connectivity index (χ1v) is 10.8. The van der Waals surface area contributed by atoms with Gasteiger partial charge in [-0.25, -0.2) is 18.3 Å². The fourth-order valence-corrected chi connectivity index (χ4v) is 4.06. The summed E-state index contributed by atoms with van der Waals surface area (Å²) in [5.41, 5.74) is 0.567. The highest BCUT2D eigenvalue weighted by molar-refractivity contribution is 5.52. The van der Waals surface area contributed by atoms with Crippen LogP contribution in [0.4, 0.5) is 23.4 Å². The van der Waals surface area contributed by atoms with Crippen molar-refractivity contribution in [2.24, 2.45) is 0 Å². The number of anilines is 1. The van der Waals surface area contributed by atoms with Gasteiger partial charge in [0.2, 0.25) is 0 Å². The van der Waals surface area contributed by atoms with E-state index in [1.54, 1.807) is 25.3 Å². The van der Waals surface area contributed by atoms with E-state index in [2.05, 4.69) is 15.1 Å². The molecule has 8 nitrogen and oxygen atoms in total. The van der Waals surface area contributed by atoms with Gasteiger partial charge < -0.3 is 9.64 Å². The van der Waals surface area contributed by atoms with E-state index in [0.29, 0.717) is 35.6 Å². The average Bonchev–Trinajstić information content (AvgIpc) is 3.13. The summed E-state index contributed by atoms with van der Waals surface area (Å²) in [5.74, 6) is 0.251. The quantitative estimate of drug-likeness (QED) is 0.401. The maximum atomic E-state index is 13.7. The molecule has 0 aliphatic carbocycles. The summed E-state index contributed by atoms with van der Waals surface area (Å²) in [6.07, 6.45) is -1.55. The van der Waals surface area contributed by atoms with Crippen molar-refractivity contribution in [3.63, 3.8) is 0 Å². The Kier molecular flexibility index (Phi) is 5.65. The Hall–Kier alpha value is -3.96. The lowest BCUT2D eigenvalue weighted by Gasteiger charge is -2.30. The molecule has 4 heterocycles. The molecule has 1 aliphatic heterocycles. The van der Waals surface area contributed by atoms with E-state index in [0.717, 1.165) is 12.3 Å². The highest BCUT2D eigenvalue weighted by Crippen LogP contribution is 2.32. The first kappa shape index (κ1) is 22.8. The summed E-state index contributed by atoms with van der Waals surface area (Å²) in [6.45, 7) is 2.59. The van der Waals surface area contributed by atoms with Gasteiger partial charge >= 0.3 is 11.9 Å². The lowest BCUT2D eigenvalue weighted by atomic mass is 10.0. The predicted molar refractivity (Wildman–Crippen MR) is 118 cm³/mol. The molecule has 1 aliphatic rings. The molecule has 1 aromatic carbocycles. The van der Waals surface area contributed by atoms with E-state index in [1.807, 2.05) is 4.90 Å². The van der Waals surface area contributed by atoms with Crippen LogP contribution in [-0.2, 0) is 25.7 Å². The van der Waals surface area contributed by atoms with Gasteiger partial charge in [0.1, 0.15) is 12.4 Å². The van der Waals surface area contributed by atoms with Crippen LogP contribution in [0, 0.1) is 12.7 Å². The molecule has 0 unspecified atom stereocenters. The first-order chi connectivity index (χ1) is 16.7. The summed E-state index contributed by atoms with van der Waals surface area (Å²) < 4.78 is 61.0. The second-order valence-corrected chi connectivity index (χ2v) is 8.20. The molecular formula is C23H20F4N6O2. The minimum Gasteiger partial charge on any atom is -0.489 e. The molecule has 0 amide bonds. The molecule has 35 heavy (non-hydrogen) atoms. The molecule has 0 saturated carbocycles. The Balaban J connectivity index is 1.38. The number of aromatic nitrogens is 5. The zero-order valence-corrected chi connectivity index (χ0v) is 18.6. The monoisotopic (exact) mass is 488 g/mol. The van der Waals surface area contributed by atoms with Crippen molar-refractivity contribution in [3.8, 4) is 5.75 Å². The van der Waals surface area contributed by atoms with Crippen molar-refractivity contribution in [3.05, 3.63) is 81.4 Å². The van der Waals surface area contributed by atoms with Crippen LogP contribution < -0.4 is 15.3 Å². The van der Waals surface area contributed by atoms with Gasteiger partial charge in [0.05, 0.1) is 12.1 Å². The van der Waals surface area contributed by atoms with E-state index in [1.165, 1.54) is 21.2 Å². The lowest BCUT2D eigenvalue weighted by molar-refractivity contribution is -0.137. The Morgan fingerprint density at radius 2 is 2.00 bits per heavy atom. The van der Waals surface area contributed by atoms with Crippen molar-refractivity contribution in [2.45, 2.75) is 32.6 Å². The largest absolute Gasteiger partial charge is 0.489 e. The fourth-order valence-electron chi connectivity index (χ4n) is 4.06. The number of rotatable bonds is 5. The Morgan fingerprint density at radius 3 is 2.77 bits per heavy atom. The third-order valence-electron chi connectivity index (χ3n) is 5.80. The molecule has 0 fully saturated rings. The molecule has 0 atom stereocenters. The van der Waals surface area contributed by atoms with Gasteiger partial charge in [0, 0.05) is 43.2 Å². The van der Waals surface area contributed by atoms with Crippen molar-refractivity contribution in [1.29, 1.82) is 0 Å². The summed E-state index contributed by atoms with van der Waals surface area (Å²) in [6, 6.07) is 7.08. The molecular weight excluding hydrogens is 468 g/mol. The van der Waals surface area contributed by atoms with Crippen molar-refractivity contribution in [2.75, 3.05) is 18.1 Å². The average molecular weight is 488 g/mol. The number of hydrogen-bond donors (Lipinski definition) is 0. The van der Waals surface area contributed by atoms with Gasteiger partial charge in [-0.2, -0.15) is 18.2 Å². The lowest BCUT2D eigenvalue weighted by Crippen LogP contribution is -2.33. The number of hydrogen-bond acceptors (Lipinski definition) is 6. The van der Waals surface area contributed by atoms with Gasteiger partial charge in [-0.15, -0.1) is 5.10 Å². The second-order valence-electron chi connectivity index (χ2n) is 8.20. The van der Waals surface area contributed by atoms with Crippen molar-refractivity contribution >= 4 is 11.6 Å². The molecule has 4 aromatic rings. The minimum atomic E-state index is -4.47. The zero-order valence-electron chi connectivity index (χ0n) is 18.6. The Morgan fingerprint density at radius 1 is 1.20 bits per heavy atom. The highest BCUT2D eigenvalue weighted by atomic mass is 19.4. The molecule has 12 heteroatoms. The highest BCUT2D eigenvalue weighted by Gasteiger charge is 2.32. The first-order valence-electron chi connectivity index (χ1n) is 10.8. The van der Waals surface area contributed by atoms with Crippen LogP contribution in [0.3, 0.4) is 0 Å². The van der Waals surface area contributed by atoms with E-state index in [9.17, 15) is 22.4 Å². The summed E-state index contributed by atoms with van der Waals surface area (Å²) in [4.78, 5) is 23.1. The second kappa shape index (κ2) is 8.67. The number of pyridine rings is 1. The van der Waals surface area contributed by atoms with Crippen LogP contribution in [0.25, 0.3) is 5.78 Å². The van der Waals surface area contributed by atoms with Crippen molar-refractivity contribution in [1.82, 2.24) is 24.1 Å². The van der Waals surface area contributed by atoms with Gasteiger partial charge in [-0.1, -0.05) is 12.1 Å². The SMILES string of the molecule is Cc1cn2c(=O)n(CCOc3ccccc3F)nc2nc1N1CCc2ncc(C(F)(F)F)cc2C1.